The van der Waals surface area contributed by atoms with Gasteiger partial charge in [0.2, 0.25) is 0 Å². The molecule has 0 amide bonds. The maximum atomic E-state index is 10.9. The Kier molecular flexibility index (Phi) is 289. The van der Waals surface area contributed by atoms with E-state index in [1.807, 2.05) is 82.5 Å². The quantitative estimate of drug-likeness (QED) is 0.0221. The first-order chi connectivity index (χ1) is 34.5. The number of unbranched alkanes of at least 4 members (excludes halogenated alkanes) is 21. The Morgan fingerprint density at radius 2 is 0.693 bits per heavy atom. The highest BCUT2D eigenvalue weighted by molar-refractivity contribution is 5.69. The molecule has 75 heavy (non-hydrogen) atoms. The minimum atomic E-state index is -0.0706. The van der Waals surface area contributed by atoms with Crippen molar-refractivity contribution >= 4 is 5.97 Å². The lowest BCUT2D eigenvalue weighted by Crippen LogP contribution is -2.15. The number of nitrogens with zero attached hydrogens (tertiary/aromatic N) is 1. The summed E-state index contributed by atoms with van der Waals surface area (Å²) in [6.07, 6.45) is 42.3. The highest BCUT2D eigenvalue weighted by Crippen LogP contribution is 2.13. The minimum Gasteiger partial charge on any atom is -0.466 e. The molecule has 0 aliphatic carbocycles. The van der Waals surface area contributed by atoms with Crippen LogP contribution < -0.4 is 0 Å². The standard InChI is InChI=1S/C19H40O3.C9H19NO2.C7H16.C5H12.C4H10.C4H8.2C3H8.C2H6O.4C2H6.3CH4.H2O/c1-2-3-4-5-6-7-8-9-10-11-12-13-14-15-16-17-21-18-19-22-20;1-4-8-12-9(11)6-5-7-10(2)3;1-3-5-7-6-4-2;1-3-5-4-2;2*1-3-4-2;2*1-3-2;1-2-3;4*1-2;;;;/h20H,2-19H2,1H3;4-8H2,1-3H3;3-7H2,1-2H3;3-5H2,1-2H3;3-4H2,1-2H3;3H,1,4H2,2H3;2*3H2,1-2H3;3H,2H2,1H3;4*1-2H3;3*1H4;1H2. The summed E-state index contributed by atoms with van der Waals surface area (Å²) in [5.74, 6) is -0.0706. The Bertz CT molecular complexity index is 593. The number of hydrogen-bond acceptors (Lipinski definition) is 7. The van der Waals surface area contributed by atoms with Crippen molar-refractivity contribution in [3.05, 3.63) is 12.7 Å². The molecule has 0 saturated carbocycles. The predicted molar refractivity (Wildman–Crippen MR) is 358 cm³/mol. The second-order valence-corrected chi connectivity index (χ2v) is 16.4. The fourth-order valence-electron chi connectivity index (χ4n) is 4.63. The zero-order valence-corrected chi connectivity index (χ0v) is 55.4. The van der Waals surface area contributed by atoms with Gasteiger partial charge < -0.3 is 25.0 Å². The average Bonchev–Trinajstić information content (AvgIpc) is 3.39. The maximum Gasteiger partial charge on any atom is 0.305 e. The molecule has 0 heterocycles. The Balaban J connectivity index is -0.0000000363. The van der Waals surface area contributed by atoms with E-state index in [4.69, 9.17) is 19.8 Å². The van der Waals surface area contributed by atoms with Gasteiger partial charge in [-0.05, 0) is 53.2 Å². The fourth-order valence-corrected chi connectivity index (χ4v) is 4.63. The van der Waals surface area contributed by atoms with Crippen LogP contribution in [0.5, 0.6) is 0 Å². The van der Waals surface area contributed by atoms with Crippen LogP contribution in [-0.4, -0.2) is 80.4 Å². The van der Waals surface area contributed by atoms with E-state index in [1.165, 1.54) is 167 Å². The molecular weight excluding hydrogens is 931 g/mol. The van der Waals surface area contributed by atoms with Gasteiger partial charge in [0.05, 0.1) is 13.2 Å². The van der Waals surface area contributed by atoms with E-state index in [2.05, 4.69) is 99.5 Å². The van der Waals surface area contributed by atoms with E-state index in [0.29, 0.717) is 19.6 Å². The molecule has 8 nitrogen and oxygen atoms in total. The van der Waals surface area contributed by atoms with Crippen molar-refractivity contribution in [3.63, 3.8) is 0 Å². The molecule has 0 saturated heterocycles. The smallest absolute Gasteiger partial charge is 0.305 e. The SMILES string of the molecule is C.C.C.C=CCC.CC.CC.CC.CC.CCC.CCC.CCCC.CCCCC.CCCCCCC.CCCCCCCCCCCCCCCCCOCCOO.CCCOC(=O)CCCN(C)C.CCO.O. The molecule has 0 aliphatic rings. The van der Waals surface area contributed by atoms with Crippen molar-refractivity contribution in [2.75, 3.05) is 53.7 Å². The van der Waals surface area contributed by atoms with Gasteiger partial charge >= 0.3 is 5.97 Å². The second-order valence-electron chi connectivity index (χ2n) is 16.4. The summed E-state index contributed by atoms with van der Waals surface area (Å²) in [6, 6.07) is 0. The van der Waals surface area contributed by atoms with Gasteiger partial charge in [-0.3, -0.25) is 10.1 Å². The van der Waals surface area contributed by atoms with Crippen LogP contribution in [0.25, 0.3) is 0 Å². The average molecular weight is 1100 g/mol. The molecule has 0 aromatic carbocycles. The van der Waals surface area contributed by atoms with Crippen LogP contribution in [-0.2, 0) is 19.2 Å². The number of carbonyl (C=O) groups excluding carboxylic acids is 1. The van der Waals surface area contributed by atoms with Gasteiger partial charge in [0.15, 0.2) is 0 Å². The number of carbonyl (C=O) groups is 1. The lowest BCUT2D eigenvalue weighted by atomic mass is 10.0. The number of esters is 1. The highest BCUT2D eigenvalue weighted by atomic mass is 17.1. The van der Waals surface area contributed by atoms with Gasteiger partial charge in [-0.15, -0.1) is 6.58 Å². The number of hydrogen-bond donors (Lipinski definition) is 2. The van der Waals surface area contributed by atoms with Crippen LogP contribution in [0.3, 0.4) is 0 Å². The van der Waals surface area contributed by atoms with Crippen LogP contribution >= 0.6 is 0 Å². The Hall–Kier alpha value is -1.03. The Labute approximate surface area is 483 Å². The van der Waals surface area contributed by atoms with Gasteiger partial charge in [-0.2, -0.15) is 0 Å². The summed E-state index contributed by atoms with van der Waals surface area (Å²) in [4.78, 5) is 17.0. The molecule has 0 spiro atoms. The predicted octanol–water partition coefficient (Wildman–Crippen LogP) is 24.2. The maximum absolute atomic E-state index is 10.9. The fraction of sp³-hybridized carbons (Fsp3) is 0.955. The summed E-state index contributed by atoms with van der Waals surface area (Å²) in [6.45, 7) is 52.6. The number of aliphatic hydroxyl groups is 1. The van der Waals surface area contributed by atoms with Crippen LogP contribution in [0.15, 0.2) is 12.7 Å². The van der Waals surface area contributed by atoms with Crippen molar-refractivity contribution in [1.29, 1.82) is 0 Å². The Morgan fingerprint density at radius 1 is 0.427 bits per heavy atom. The first-order valence-corrected chi connectivity index (χ1v) is 31.3. The summed E-state index contributed by atoms with van der Waals surface area (Å²) in [5, 5.41) is 15.7. The molecule has 0 rings (SSSR count). The van der Waals surface area contributed by atoms with Gasteiger partial charge in [-0.1, -0.05) is 341 Å². The van der Waals surface area contributed by atoms with E-state index in [0.717, 1.165) is 38.8 Å². The third-order valence-corrected chi connectivity index (χ3v) is 8.37. The Morgan fingerprint density at radius 3 is 0.907 bits per heavy atom. The molecule has 4 N–H and O–H groups in total. The lowest BCUT2D eigenvalue weighted by Gasteiger charge is -2.08. The summed E-state index contributed by atoms with van der Waals surface area (Å²) >= 11 is 0. The monoisotopic (exact) mass is 1100 g/mol. The summed E-state index contributed by atoms with van der Waals surface area (Å²) in [7, 11) is 3.99. The molecule has 0 unspecified atom stereocenters. The third-order valence-electron chi connectivity index (χ3n) is 8.37. The van der Waals surface area contributed by atoms with Gasteiger partial charge in [0.25, 0.3) is 0 Å². The molecule has 0 aromatic rings. The van der Waals surface area contributed by atoms with E-state index in [1.54, 1.807) is 6.92 Å². The summed E-state index contributed by atoms with van der Waals surface area (Å²) < 4.78 is 10.2. The first kappa shape index (κ1) is 121. The highest BCUT2D eigenvalue weighted by Gasteiger charge is 2.01. The van der Waals surface area contributed by atoms with Gasteiger partial charge in [0, 0.05) is 19.6 Å². The molecule has 480 valence electrons. The van der Waals surface area contributed by atoms with Crippen molar-refractivity contribution in [2.45, 2.75) is 374 Å². The van der Waals surface area contributed by atoms with Crippen molar-refractivity contribution in [3.8, 4) is 0 Å². The molecule has 8 heteroatoms. The minimum absolute atomic E-state index is 0. The number of aliphatic hydroxyl groups excluding tert-OH is 1. The van der Waals surface area contributed by atoms with Crippen molar-refractivity contribution in [1.82, 2.24) is 4.90 Å². The normalized spacial score (nSPS) is 8.15. The molecular formula is C67H165NO7. The van der Waals surface area contributed by atoms with Crippen LogP contribution in [0, 0.1) is 0 Å². The molecule has 0 bridgehead atoms. The number of ether oxygens (including phenoxy) is 2. The van der Waals surface area contributed by atoms with E-state index in [-0.39, 0.29) is 46.9 Å². The van der Waals surface area contributed by atoms with E-state index in [9.17, 15) is 4.79 Å². The summed E-state index contributed by atoms with van der Waals surface area (Å²) in [5.41, 5.74) is 0. The zero-order valence-electron chi connectivity index (χ0n) is 55.4. The van der Waals surface area contributed by atoms with E-state index >= 15 is 0 Å². The van der Waals surface area contributed by atoms with Gasteiger partial charge in [-0.25, -0.2) is 4.89 Å². The number of rotatable bonds is 33. The first-order valence-electron chi connectivity index (χ1n) is 31.3. The molecule has 0 aliphatic heterocycles. The second kappa shape index (κ2) is 179. The molecule has 0 radical (unpaired) electrons. The largest absolute Gasteiger partial charge is 0.466 e. The third kappa shape index (κ3) is 284. The number of allylic oxidation sites excluding steroid dienone is 1. The lowest BCUT2D eigenvalue weighted by molar-refractivity contribution is -0.249. The van der Waals surface area contributed by atoms with Crippen molar-refractivity contribution in [2.24, 2.45) is 0 Å². The van der Waals surface area contributed by atoms with Crippen molar-refractivity contribution < 1.29 is 35.0 Å². The van der Waals surface area contributed by atoms with Crippen LogP contribution in [0.1, 0.15) is 374 Å². The van der Waals surface area contributed by atoms with Crippen LogP contribution in [0.4, 0.5) is 0 Å². The molecule has 0 atom stereocenters. The zero-order chi connectivity index (χ0) is 58.1. The topological polar surface area (TPSA) is 120 Å². The van der Waals surface area contributed by atoms with E-state index < -0.39 is 0 Å². The van der Waals surface area contributed by atoms with Gasteiger partial charge in [0.1, 0.15) is 6.61 Å². The molecule has 0 aromatic heterocycles. The van der Waals surface area contributed by atoms with Crippen LogP contribution in [0.2, 0.25) is 0 Å². The molecule has 0 fully saturated rings.